The first-order valence-electron chi connectivity index (χ1n) is 21.8. The number of furan rings is 1. The number of hydrogen-bond acceptors (Lipinski definition) is 3. The lowest BCUT2D eigenvalue weighted by atomic mass is 9.99. The molecule has 0 fully saturated rings. The molecule has 0 saturated carbocycles. The average molecular weight is 652 g/mol. The second-order valence-corrected chi connectivity index (χ2v) is 11.7. The second kappa shape index (κ2) is 11.4. The van der Waals surface area contributed by atoms with Crippen molar-refractivity contribution < 1.29 is 20.9 Å². The Morgan fingerprint density at radius 3 is 2.14 bits per heavy atom. The lowest BCUT2D eigenvalue weighted by Crippen LogP contribution is -1.97. The molecule has 234 valence electrons. The molecule has 4 nitrogen and oxygen atoms in total. The Morgan fingerprint density at radius 1 is 0.480 bits per heavy atom. The fraction of sp³-hybridized carbons (Fsp3) is 0. The Labute approximate surface area is 305 Å². The van der Waals surface area contributed by atoms with E-state index in [2.05, 4.69) is 0 Å². The third kappa shape index (κ3) is 4.61. The number of nitrogens with zero attached hydrogens (tertiary/aromatic N) is 3. The molecule has 0 amide bonds. The molecule has 3 aromatic heterocycles. The molecule has 0 saturated heterocycles. The van der Waals surface area contributed by atoms with E-state index < -0.39 is 78.2 Å². The van der Waals surface area contributed by atoms with Crippen LogP contribution in [0.4, 0.5) is 0 Å². The first kappa shape index (κ1) is 18.7. The summed E-state index contributed by atoms with van der Waals surface area (Å²) in [6, 6.07) is 24.5. The highest BCUT2D eigenvalue weighted by atomic mass is 16.3. The Hall–Kier alpha value is -6.78. The average Bonchev–Trinajstić information content (AvgIpc) is 3.84. The number of benzene rings is 7. The van der Waals surface area contributed by atoms with Crippen molar-refractivity contribution in [1.29, 1.82) is 0 Å². The van der Waals surface area contributed by atoms with Gasteiger partial charge in [0, 0.05) is 43.9 Å². The van der Waals surface area contributed by atoms with E-state index in [1.807, 2.05) is 91.0 Å². The Balaban J connectivity index is 1.35. The molecule has 50 heavy (non-hydrogen) atoms. The van der Waals surface area contributed by atoms with Crippen LogP contribution in [-0.2, 0) is 0 Å². The van der Waals surface area contributed by atoms with E-state index in [1.165, 1.54) is 0 Å². The number of para-hydroxylation sites is 3. The lowest BCUT2D eigenvalue weighted by Gasteiger charge is -2.12. The van der Waals surface area contributed by atoms with Gasteiger partial charge in [0.25, 0.3) is 0 Å². The van der Waals surface area contributed by atoms with Gasteiger partial charge in [-0.15, -0.1) is 0 Å². The van der Waals surface area contributed by atoms with Crippen molar-refractivity contribution in [3.8, 4) is 50.7 Å². The molecule has 0 spiro atoms. The number of rotatable bonds is 5. The van der Waals surface area contributed by atoms with Crippen LogP contribution >= 0.6 is 0 Å². The fourth-order valence-corrected chi connectivity index (χ4v) is 6.55. The minimum Gasteiger partial charge on any atom is -0.456 e. The predicted molar refractivity (Wildman–Crippen MR) is 205 cm³/mol. The third-order valence-electron chi connectivity index (χ3n) is 8.82. The summed E-state index contributed by atoms with van der Waals surface area (Å²) in [5.41, 5.74) is 3.62. The Kier molecular flexibility index (Phi) is 4.27. The first-order valence-corrected chi connectivity index (χ1v) is 15.8. The molecule has 0 aliphatic rings. The van der Waals surface area contributed by atoms with Gasteiger partial charge in [0.2, 0.25) is 0 Å². The molecule has 10 aromatic rings. The van der Waals surface area contributed by atoms with Crippen LogP contribution in [0.5, 0.6) is 0 Å². The van der Waals surface area contributed by atoms with Gasteiger partial charge in [0.1, 0.15) is 11.2 Å². The van der Waals surface area contributed by atoms with Crippen molar-refractivity contribution in [2.24, 2.45) is 0 Å². The van der Waals surface area contributed by atoms with Gasteiger partial charge in [-0.3, -0.25) is 0 Å². The fourth-order valence-electron chi connectivity index (χ4n) is 6.55. The summed E-state index contributed by atoms with van der Waals surface area (Å²) in [5, 5.41) is 1.50. The summed E-state index contributed by atoms with van der Waals surface area (Å²) in [6.45, 7) is 0. The van der Waals surface area contributed by atoms with Crippen molar-refractivity contribution >= 4 is 43.7 Å². The third-order valence-corrected chi connectivity index (χ3v) is 8.82. The topological polar surface area (TPSA) is 43.9 Å². The van der Waals surface area contributed by atoms with Crippen LogP contribution in [-0.4, -0.2) is 14.5 Å². The van der Waals surface area contributed by atoms with Gasteiger partial charge in [-0.05, 0) is 65.6 Å². The standard InChI is InChI=1S/C46H29N3O/c1-3-13-30(14-4-1)31-15-11-16-32(27-31)39-29-40(48-46(47-39)33-25-26-36-35-19-8-10-24-43(35)50-44(36)28-33)37-21-12-23-42-45(37)38-20-7-9-22-41(38)49(42)34-17-5-2-6-18-34/h1-29H/i2D,5D,6D,7D,9D,12D,17D,18D,20D,21D,22D,23D. The summed E-state index contributed by atoms with van der Waals surface area (Å²) >= 11 is 0. The number of hydrogen-bond donors (Lipinski definition) is 0. The molecular weight excluding hydrogens is 611 g/mol. The highest BCUT2D eigenvalue weighted by Crippen LogP contribution is 2.40. The number of aromatic nitrogens is 3. The zero-order valence-electron chi connectivity index (χ0n) is 38.1. The van der Waals surface area contributed by atoms with Crippen LogP contribution in [0, 0.1) is 0 Å². The Bertz CT molecular complexity index is 3540. The van der Waals surface area contributed by atoms with E-state index >= 15 is 0 Å². The zero-order valence-corrected chi connectivity index (χ0v) is 26.1. The predicted octanol–water partition coefficient (Wildman–Crippen LogP) is 12.1. The van der Waals surface area contributed by atoms with Gasteiger partial charge >= 0.3 is 0 Å². The van der Waals surface area contributed by atoms with E-state index in [-0.39, 0.29) is 38.9 Å². The smallest absolute Gasteiger partial charge is 0.160 e. The largest absolute Gasteiger partial charge is 0.456 e. The molecule has 7 aromatic carbocycles. The van der Waals surface area contributed by atoms with Crippen LogP contribution in [0.2, 0.25) is 0 Å². The van der Waals surface area contributed by atoms with Crippen molar-refractivity contribution in [1.82, 2.24) is 14.5 Å². The van der Waals surface area contributed by atoms with E-state index in [1.54, 1.807) is 12.1 Å². The van der Waals surface area contributed by atoms with Gasteiger partial charge in [0.05, 0.1) is 38.9 Å². The molecule has 0 radical (unpaired) electrons. The Morgan fingerprint density at radius 2 is 1.22 bits per heavy atom. The SMILES string of the molecule is [2H]c1c([2H])c([2H])c(-n2c3c([2H])c([2H])c([2H])c([2H])c3c3c(-c4cc(-c5cccc(-c6ccccc6)c5)nc(-c5ccc6c(c5)oc5ccccc56)n4)c([2H])c([2H])c([2H])c32)c([2H])c1[2H]. The molecule has 0 bridgehead atoms. The van der Waals surface area contributed by atoms with Crippen LogP contribution < -0.4 is 0 Å². The summed E-state index contributed by atoms with van der Waals surface area (Å²) in [7, 11) is 0. The second-order valence-electron chi connectivity index (χ2n) is 11.7. The van der Waals surface area contributed by atoms with Gasteiger partial charge in [-0.25, -0.2) is 9.97 Å². The van der Waals surface area contributed by atoms with Crippen LogP contribution in [0.25, 0.3) is 94.5 Å². The van der Waals surface area contributed by atoms with Crippen molar-refractivity contribution in [2.75, 3.05) is 0 Å². The summed E-state index contributed by atoms with van der Waals surface area (Å²) in [6.07, 6.45) is 0. The first-order chi connectivity index (χ1) is 29.8. The molecule has 3 heterocycles. The monoisotopic (exact) mass is 651 g/mol. The van der Waals surface area contributed by atoms with Gasteiger partial charge in [-0.2, -0.15) is 0 Å². The summed E-state index contributed by atoms with van der Waals surface area (Å²) < 4.78 is 114. The van der Waals surface area contributed by atoms with Gasteiger partial charge in [0.15, 0.2) is 5.82 Å². The van der Waals surface area contributed by atoms with E-state index in [9.17, 15) is 4.11 Å². The minimum absolute atomic E-state index is 0.0656. The minimum atomic E-state index is -0.712. The molecule has 10 rings (SSSR count). The molecular formula is C46H29N3O. The highest BCUT2D eigenvalue weighted by Gasteiger charge is 2.19. The van der Waals surface area contributed by atoms with Gasteiger partial charge in [-0.1, -0.05) is 121 Å². The maximum absolute atomic E-state index is 9.47. The van der Waals surface area contributed by atoms with E-state index in [4.69, 9.17) is 26.7 Å². The summed E-state index contributed by atoms with van der Waals surface area (Å²) in [5.74, 6) is 0.190. The van der Waals surface area contributed by atoms with Crippen LogP contribution in [0.3, 0.4) is 0 Å². The molecule has 0 unspecified atom stereocenters. The maximum atomic E-state index is 9.47. The quantitative estimate of drug-likeness (QED) is 0.186. The normalized spacial score (nSPS) is 15.0. The molecule has 0 atom stereocenters. The maximum Gasteiger partial charge on any atom is 0.160 e. The summed E-state index contributed by atoms with van der Waals surface area (Å²) in [4.78, 5) is 10.0. The molecule has 0 N–H and O–H groups in total. The molecule has 0 aliphatic carbocycles. The molecule has 0 aliphatic heterocycles. The highest BCUT2D eigenvalue weighted by molar-refractivity contribution is 6.15. The van der Waals surface area contributed by atoms with Gasteiger partial charge < -0.3 is 8.98 Å². The zero-order chi connectivity index (χ0) is 43.5. The van der Waals surface area contributed by atoms with Crippen molar-refractivity contribution in [3.63, 3.8) is 0 Å². The lowest BCUT2D eigenvalue weighted by molar-refractivity contribution is 0.669. The van der Waals surface area contributed by atoms with Crippen molar-refractivity contribution in [2.45, 2.75) is 0 Å². The van der Waals surface area contributed by atoms with Crippen LogP contribution in [0.15, 0.2) is 180 Å². The molecule has 4 heteroatoms. The van der Waals surface area contributed by atoms with Crippen molar-refractivity contribution in [3.05, 3.63) is 176 Å². The van der Waals surface area contributed by atoms with E-state index in [0.717, 1.165) is 26.5 Å². The van der Waals surface area contributed by atoms with E-state index in [0.29, 0.717) is 28.0 Å². The van der Waals surface area contributed by atoms with Crippen LogP contribution in [0.1, 0.15) is 16.4 Å². The number of fused-ring (bicyclic) bond motifs is 6.